The Labute approximate surface area is 122 Å². The first-order valence-corrected chi connectivity index (χ1v) is 7.14. The van der Waals surface area contributed by atoms with Crippen LogP contribution < -0.4 is 0 Å². The summed E-state index contributed by atoms with van der Waals surface area (Å²) in [5.74, 6) is 0.765. The van der Waals surface area contributed by atoms with Gasteiger partial charge in [0.2, 0.25) is 0 Å². The third-order valence-electron chi connectivity index (χ3n) is 3.12. The highest BCUT2D eigenvalue weighted by molar-refractivity contribution is 7.15. The van der Waals surface area contributed by atoms with Gasteiger partial charge in [-0.2, -0.15) is 4.98 Å². The number of hydrogen-bond donors (Lipinski definition) is 0. The molecule has 0 aliphatic rings. The van der Waals surface area contributed by atoms with Crippen molar-refractivity contribution >= 4 is 16.2 Å². The van der Waals surface area contributed by atoms with Crippen LogP contribution in [0.5, 0.6) is 0 Å². The van der Waals surface area contributed by atoms with Crippen LogP contribution in [0.1, 0.15) is 11.4 Å². The Morgan fingerprint density at radius 3 is 2.95 bits per heavy atom. The summed E-state index contributed by atoms with van der Waals surface area (Å²) in [7, 11) is 0. The zero-order valence-electron chi connectivity index (χ0n) is 10.7. The van der Waals surface area contributed by atoms with Gasteiger partial charge in [-0.1, -0.05) is 17.3 Å². The molecule has 0 amide bonds. The van der Waals surface area contributed by atoms with E-state index >= 15 is 0 Å². The first-order chi connectivity index (χ1) is 10.3. The van der Waals surface area contributed by atoms with Crippen LogP contribution in [0.2, 0.25) is 0 Å². The van der Waals surface area contributed by atoms with E-state index in [4.69, 9.17) is 4.52 Å². The second kappa shape index (κ2) is 4.78. The number of fused-ring (bicyclic) bond motifs is 1. The molecule has 104 valence electrons. The number of benzene rings is 1. The van der Waals surface area contributed by atoms with Crippen molar-refractivity contribution in [2.24, 2.45) is 0 Å². The summed E-state index contributed by atoms with van der Waals surface area (Å²) < 4.78 is 20.1. The van der Waals surface area contributed by atoms with Crippen LogP contribution in [0.25, 0.3) is 16.4 Å². The molecule has 4 rings (SSSR count). The van der Waals surface area contributed by atoms with Gasteiger partial charge in [0.05, 0.1) is 6.20 Å². The Kier molecular flexibility index (Phi) is 2.78. The molecule has 0 unspecified atom stereocenters. The van der Waals surface area contributed by atoms with Crippen LogP contribution in [0.4, 0.5) is 4.39 Å². The van der Waals surface area contributed by atoms with Crippen molar-refractivity contribution in [1.82, 2.24) is 19.5 Å². The maximum atomic E-state index is 12.9. The summed E-state index contributed by atoms with van der Waals surface area (Å²) in [5.41, 5.74) is 1.76. The van der Waals surface area contributed by atoms with Gasteiger partial charge >= 0.3 is 0 Å². The van der Waals surface area contributed by atoms with Gasteiger partial charge in [0, 0.05) is 11.8 Å². The lowest BCUT2D eigenvalue weighted by Crippen LogP contribution is -1.91. The third-order valence-corrected chi connectivity index (χ3v) is 4.00. The standard InChI is InChI=1S/C14H9FN4OS/c15-10-3-1-9(2-4-10)5-12-17-14(20-18-12)11-7-21-13-6-16-8-19(11)13/h1-4,6-8H,5H2. The number of thiazole rings is 1. The third kappa shape index (κ3) is 2.21. The van der Waals surface area contributed by atoms with E-state index in [0.717, 1.165) is 16.1 Å². The van der Waals surface area contributed by atoms with Gasteiger partial charge in [0.1, 0.15) is 22.7 Å². The molecular formula is C14H9FN4OS. The number of halogens is 1. The van der Waals surface area contributed by atoms with E-state index in [9.17, 15) is 4.39 Å². The number of nitrogens with zero attached hydrogens (tertiary/aromatic N) is 4. The van der Waals surface area contributed by atoms with Crippen molar-refractivity contribution in [3.05, 3.63) is 59.4 Å². The Hall–Kier alpha value is -2.54. The highest BCUT2D eigenvalue weighted by Gasteiger charge is 2.14. The molecule has 3 aromatic heterocycles. The second-order valence-electron chi connectivity index (χ2n) is 4.54. The molecule has 0 radical (unpaired) electrons. The van der Waals surface area contributed by atoms with Gasteiger partial charge in [-0.3, -0.25) is 4.40 Å². The lowest BCUT2D eigenvalue weighted by molar-refractivity contribution is 0.422. The van der Waals surface area contributed by atoms with Gasteiger partial charge in [0.25, 0.3) is 5.89 Å². The average molecular weight is 300 g/mol. The summed E-state index contributed by atoms with van der Waals surface area (Å²) in [5, 5.41) is 5.92. The van der Waals surface area contributed by atoms with Gasteiger partial charge in [-0.25, -0.2) is 9.37 Å². The normalized spacial score (nSPS) is 11.3. The van der Waals surface area contributed by atoms with Crippen LogP contribution in [0.3, 0.4) is 0 Å². The van der Waals surface area contributed by atoms with Crippen LogP contribution >= 0.6 is 11.3 Å². The molecule has 0 spiro atoms. The fourth-order valence-electron chi connectivity index (χ4n) is 2.09. The van der Waals surface area contributed by atoms with Crippen molar-refractivity contribution < 1.29 is 8.91 Å². The zero-order chi connectivity index (χ0) is 14.2. The molecule has 3 heterocycles. The predicted molar refractivity (Wildman–Crippen MR) is 75.6 cm³/mol. The minimum Gasteiger partial charge on any atom is -0.332 e. The molecule has 0 fully saturated rings. The molecule has 0 saturated carbocycles. The highest BCUT2D eigenvalue weighted by atomic mass is 32.1. The Bertz CT molecular complexity index is 893. The lowest BCUT2D eigenvalue weighted by atomic mass is 10.1. The van der Waals surface area contributed by atoms with Gasteiger partial charge in [0.15, 0.2) is 5.82 Å². The molecule has 0 aliphatic heterocycles. The number of rotatable bonds is 3. The summed E-state index contributed by atoms with van der Waals surface area (Å²) in [4.78, 5) is 9.48. The van der Waals surface area contributed by atoms with E-state index < -0.39 is 0 Å². The van der Waals surface area contributed by atoms with E-state index in [1.165, 1.54) is 12.1 Å². The predicted octanol–water partition coefficient (Wildman–Crippen LogP) is 3.18. The fraction of sp³-hybridized carbons (Fsp3) is 0.0714. The Morgan fingerprint density at radius 1 is 1.24 bits per heavy atom. The summed E-state index contributed by atoms with van der Waals surface area (Å²) in [6.45, 7) is 0. The average Bonchev–Trinajstić information content (AvgIpc) is 3.17. The quantitative estimate of drug-likeness (QED) is 0.583. The second-order valence-corrected chi connectivity index (χ2v) is 5.43. The van der Waals surface area contributed by atoms with Crippen LogP contribution in [-0.4, -0.2) is 19.5 Å². The van der Waals surface area contributed by atoms with Crippen LogP contribution in [-0.2, 0) is 6.42 Å². The molecule has 5 nitrogen and oxygen atoms in total. The topological polar surface area (TPSA) is 56.2 Å². The van der Waals surface area contributed by atoms with E-state index in [0.29, 0.717) is 18.1 Å². The molecule has 21 heavy (non-hydrogen) atoms. The largest absolute Gasteiger partial charge is 0.332 e. The first kappa shape index (κ1) is 12.2. The summed E-state index contributed by atoms with van der Waals surface area (Å²) in [6.07, 6.45) is 4.00. The van der Waals surface area contributed by atoms with Crippen molar-refractivity contribution in [3.63, 3.8) is 0 Å². The molecular weight excluding hydrogens is 291 g/mol. The highest BCUT2D eigenvalue weighted by Crippen LogP contribution is 2.24. The van der Waals surface area contributed by atoms with E-state index in [2.05, 4.69) is 15.1 Å². The maximum Gasteiger partial charge on any atom is 0.275 e. The zero-order valence-corrected chi connectivity index (χ0v) is 11.5. The molecule has 0 saturated heterocycles. The lowest BCUT2D eigenvalue weighted by Gasteiger charge is -1.95. The van der Waals surface area contributed by atoms with Crippen LogP contribution in [0.15, 0.2) is 46.7 Å². The van der Waals surface area contributed by atoms with Crippen molar-refractivity contribution in [2.45, 2.75) is 6.42 Å². The van der Waals surface area contributed by atoms with Gasteiger partial charge in [-0.15, -0.1) is 11.3 Å². The van der Waals surface area contributed by atoms with Crippen molar-refractivity contribution in [1.29, 1.82) is 0 Å². The number of imidazole rings is 1. The molecule has 1 aromatic carbocycles. The summed E-state index contributed by atoms with van der Waals surface area (Å²) in [6, 6.07) is 6.27. The van der Waals surface area contributed by atoms with E-state index in [1.54, 1.807) is 36.0 Å². The summed E-state index contributed by atoms with van der Waals surface area (Å²) >= 11 is 1.56. The molecule has 0 bridgehead atoms. The smallest absolute Gasteiger partial charge is 0.275 e. The molecule has 0 atom stereocenters. The van der Waals surface area contributed by atoms with Gasteiger partial charge in [-0.05, 0) is 17.7 Å². The van der Waals surface area contributed by atoms with Crippen LogP contribution in [0, 0.1) is 5.82 Å². The first-order valence-electron chi connectivity index (χ1n) is 6.26. The van der Waals surface area contributed by atoms with Crippen molar-refractivity contribution in [3.8, 4) is 11.6 Å². The number of aromatic nitrogens is 4. The van der Waals surface area contributed by atoms with Crippen molar-refractivity contribution in [2.75, 3.05) is 0 Å². The Morgan fingerprint density at radius 2 is 2.10 bits per heavy atom. The maximum absolute atomic E-state index is 12.9. The minimum absolute atomic E-state index is 0.256. The van der Waals surface area contributed by atoms with E-state index in [-0.39, 0.29) is 5.82 Å². The molecule has 4 aromatic rings. The minimum atomic E-state index is -0.256. The molecule has 7 heteroatoms. The monoisotopic (exact) mass is 300 g/mol. The SMILES string of the molecule is Fc1ccc(Cc2noc(-c3csc4cncn34)n2)cc1. The molecule has 0 N–H and O–H groups in total. The Balaban J connectivity index is 1.64. The fourth-order valence-corrected chi connectivity index (χ4v) is 2.92. The van der Waals surface area contributed by atoms with Gasteiger partial charge < -0.3 is 4.52 Å². The van der Waals surface area contributed by atoms with E-state index in [1.807, 2.05) is 9.78 Å². The number of hydrogen-bond acceptors (Lipinski definition) is 5. The molecule has 0 aliphatic carbocycles.